The Morgan fingerprint density at radius 2 is 0.489 bits per heavy atom. The molecule has 0 rings (SSSR count). The Balaban J connectivity index is 0. The average Bonchev–Trinajstić information content (AvgIpc) is 3.06. The maximum atomic E-state index is 12.0. The molecule has 0 aromatic carbocycles. The average molecular weight is 772 g/mol. The van der Waals surface area contributed by atoms with E-state index in [-0.39, 0.29) is 35.8 Å². The molecule has 4 nitrogen and oxygen atoms in total. The SMILES string of the molecule is CCCCCCCCCCCCCCCCCCOC(=O)CCCCC(=O)OCCCCCCCCCCCCCCCCCC.[SnH2]. The molecular formula is C42H84O4Sn. The van der Waals surface area contributed by atoms with Crippen LogP contribution in [0.25, 0.3) is 0 Å². The minimum atomic E-state index is -0.123. The van der Waals surface area contributed by atoms with Crippen LogP contribution in [0.15, 0.2) is 0 Å². The molecule has 0 spiro atoms. The number of carbonyl (C=O) groups excluding carboxylic acids is 2. The normalized spacial score (nSPS) is 11.0. The Bertz CT molecular complexity index is 559. The summed E-state index contributed by atoms with van der Waals surface area (Å²) in [5, 5.41) is 0. The summed E-state index contributed by atoms with van der Waals surface area (Å²) in [4.78, 5) is 23.9. The quantitative estimate of drug-likeness (QED) is 0.0355. The van der Waals surface area contributed by atoms with E-state index >= 15 is 0 Å². The van der Waals surface area contributed by atoms with E-state index in [2.05, 4.69) is 13.8 Å². The molecule has 0 heterocycles. The molecule has 0 amide bonds. The van der Waals surface area contributed by atoms with Gasteiger partial charge in [-0.25, -0.2) is 0 Å². The summed E-state index contributed by atoms with van der Waals surface area (Å²) < 4.78 is 10.8. The van der Waals surface area contributed by atoms with Gasteiger partial charge in [-0.15, -0.1) is 0 Å². The van der Waals surface area contributed by atoms with Crippen LogP contribution in [0.1, 0.15) is 245 Å². The van der Waals surface area contributed by atoms with Crippen molar-refractivity contribution in [1.29, 1.82) is 0 Å². The first kappa shape index (κ1) is 48.9. The first-order chi connectivity index (χ1) is 22.7. The van der Waals surface area contributed by atoms with Crippen molar-refractivity contribution in [1.82, 2.24) is 0 Å². The van der Waals surface area contributed by atoms with Crippen LogP contribution < -0.4 is 0 Å². The van der Waals surface area contributed by atoms with E-state index in [1.165, 1.54) is 180 Å². The van der Waals surface area contributed by atoms with E-state index in [1.807, 2.05) is 0 Å². The van der Waals surface area contributed by atoms with Crippen molar-refractivity contribution in [3.8, 4) is 0 Å². The summed E-state index contributed by atoms with van der Waals surface area (Å²) in [6, 6.07) is 0. The third kappa shape index (κ3) is 43.7. The number of unbranched alkanes of at least 4 members (excludes halogenated alkanes) is 31. The molecule has 0 atom stereocenters. The second kappa shape index (κ2) is 43.8. The number of rotatable bonds is 39. The number of carbonyl (C=O) groups is 2. The van der Waals surface area contributed by atoms with Gasteiger partial charge in [0, 0.05) is 12.8 Å². The Hall–Kier alpha value is -0.261. The molecule has 0 aliphatic carbocycles. The molecule has 0 saturated heterocycles. The Morgan fingerprint density at radius 3 is 0.702 bits per heavy atom. The molecule has 0 aliphatic heterocycles. The van der Waals surface area contributed by atoms with Gasteiger partial charge in [-0.1, -0.05) is 206 Å². The van der Waals surface area contributed by atoms with E-state index in [0.29, 0.717) is 38.9 Å². The van der Waals surface area contributed by atoms with Gasteiger partial charge in [0.25, 0.3) is 0 Å². The molecule has 0 fully saturated rings. The molecule has 0 N–H and O–H groups in total. The fourth-order valence-corrected chi connectivity index (χ4v) is 6.36. The molecule has 280 valence electrons. The minimum absolute atomic E-state index is 0. The van der Waals surface area contributed by atoms with Crippen LogP contribution >= 0.6 is 0 Å². The predicted octanol–water partition coefficient (Wildman–Crippen LogP) is 13.2. The van der Waals surface area contributed by atoms with Gasteiger partial charge in [-0.05, 0) is 25.7 Å². The summed E-state index contributed by atoms with van der Waals surface area (Å²) in [5.41, 5.74) is 0. The Morgan fingerprint density at radius 1 is 0.298 bits per heavy atom. The van der Waals surface area contributed by atoms with Crippen LogP contribution in [-0.2, 0) is 19.1 Å². The molecule has 5 heteroatoms. The maximum absolute atomic E-state index is 12.0. The zero-order valence-corrected chi connectivity index (χ0v) is 36.2. The van der Waals surface area contributed by atoms with Gasteiger partial charge >= 0.3 is 35.8 Å². The first-order valence-electron chi connectivity index (χ1n) is 21.0. The van der Waals surface area contributed by atoms with Gasteiger partial charge in [0.1, 0.15) is 0 Å². The van der Waals surface area contributed by atoms with E-state index in [4.69, 9.17) is 9.47 Å². The van der Waals surface area contributed by atoms with Gasteiger partial charge < -0.3 is 9.47 Å². The fraction of sp³-hybridized carbons (Fsp3) is 0.952. The third-order valence-corrected chi connectivity index (χ3v) is 9.53. The van der Waals surface area contributed by atoms with Crippen molar-refractivity contribution in [3.05, 3.63) is 0 Å². The summed E-state index contributed by atoms with van der Waals surface area (Å²) in [7, 11) is 0. The van der Waals surface area contributed by atoms with Crippen molar-refractivity contribution >= 4 is 35.8 Å². The number of hydrogen-bond acceptors (Lipinski definition) is 4. The van der Waals surface area contributed by atoms with Crippen LogP contribution in [0.4, 0.5) is 0 Å². The monoisotopic (exact) mass is 773 g/mol. The molecule has 0 saturated carbocycles. The summed E-state index contributed by atoms with van der Waals surface area (Å²) in [5.74, 6) is -0.245. The molecule has 2 radical (unpaired) electrons. The van der Waals surface area contributed by atoms with E-state index < -0.39 is 0 Å². The van der Waals surface area contributed by atoms with Crippen LogP contribution in [-0.4, -0.2) is 49.1 Å². The van der Waals surface area contributed by atoms with Crippen molar-refractivity contribution in [2.24, 2.45) is 0 Å². The Labute approximate surface area is 311 Å². The van der Waals surface area contributed by atoms with Crippen molar-refractivity contribution < 1.29 is 19.1 Å². The van der Waals surface area contributed by atoms with Crippen LogP contribution in [0.2, 0.25) is 0 Å². The van der Waals surface area contributed by atoms with E-state index in [0.717, 1.165) is 25.7 Å². The summed E-state index contributed by atoms with van der Waals surface area (Å²) >= 11 is 0. The molecular weight excluding hydrogens is 687 g/mol. The van der Waals surface area contributed by atoms with Gasteiger partial charge in [0.2, 0.25) is 0 Å². The van der Waals surface area contributed by atoms with Crippen molar-refractivity contribution in [2.75, 3.05) is 13.2 Å². The molecule has 0 aromatic heterocycles. The van der Waals surface area contributed by atoms with Crippen molar-refractivity contribution in [2.45, 2.75) is 245 Å². The van der Waals surface area contributed by atoms with Gasteiger partial charge in [0.15, 0.2) is 0 Å². The zero-order valence-electron chi connectivity index (χ0n) is 32.2. The number of ether oxygens (including phenoxy) is 2. The van der Waals surface area contributed by atoms with Crippen LogP contribution in [0.5, 0.6) is 0 Å². The van der Waals surface area contributed by atoms with E-state index in [9.17, 15) is 9.59 Å². The van der Waals surface area contributed by atoms with Crippen LogP contribution in [0, 0.1) is 0 Å². The first-order valence-corrected chi connectivity index (χ1v) is 21.0. The second-order valence-corrected chi connectivity index (χ2v) is 14.3. The van der Waals surface area contributed by atoms with Crippen molar-refractivity contribution in [3.63, 3.8) is 0 Å². The predicted molar refractivity (Wildman–Crippen MR) is 208 cm³/mol. The third-order valence-electron chi connectivity index (χ3n) is 9.53. The van der Waals surface area contributed by atoms with Gasteiger partial charge in [0.05, 0.1) is 13.2 Å². The Kier molecular flexibility index (Phi) is 45.5. The summed E-state index contributed by atoms with van der Waals surface area (Å²) in [6.07, 6.45) is 45.3. The molecule has 0 aromatic rings. The van der Waals surface area contributed by atoms with Crippen LogP contribution in [0.3, 0.4) is 0 Å². The topological polar surface area (TPSA) is 52.6 Å². The van der Waals surface area contributed by atoms with Gasteiger partial charge in [-0.3, -0.25) is 9.59 Å². The summed E-state index contributed by atoms with van der Waals surface area (Å²) in [6.45, 7) is 5.65. The second-order valence-electron chi connectivity index (χ2n) is 14.3. The number of esters is 2. The van der Waals surface area contributed by atoms with Gasteiger partial charge in [-0.2, -0.15) is 0 Å². The molecule has 0 bridgehead atoms. The molecule has 47 heavy (non-hydrogen) atoms. The standard InChI is InChI=1S/C42H82O4.Sn.2H/c1-3-5-7-9-11-13-15-17-19-21-23-25-27-29-31-35-39-45-41(43)37-33-34-38-42(44)46-40-36-32-30-28-26-24-22-20-18-16-14-12-10-8-6-4-2;;;/h3-40H2,1-2H3;;;. The fourth-order valence-electron chi connectivity index (χ4n) is 6.36. The number of hydrogen-bond donors (Lipinski definition) is 0. The van der Waals surface area contributed by atoms with E-state index in [1.54, 1.807) is 0 Å². The zero-order chi connectivity index (χ0) is 33.4. The molecule has 0 unspecified atom stereocenters. The molecule has 0 aliphatic rings.